The summed E-state index contributed by atoms with van der Waals surface area (Å²) < 4.78 is 12.9. The van der Waals surface area contributed by atoms with E-state index in [-0.39, 0.29) is 36.5 Å². The number of rotatable bonds is 6. The van der Waals surface area contributed by atoms with Crippen LogP contribution in [-0.4, -0.2) is 29.8 Å². The van der Waals surface area contributed by atoms with Crippen LogP contribution < -0.4 is 10.6 Å². The number of hydrogen-bond acceptors (Lipinski definition) is 2. The van der Waals surface area contributed by atoms with E-state index in [1.807, 2.05) is 13.8 Å². The van der Waals surface area contributed by atoms with E-state index in [2.05, 4.69) is 10.6 Å². The van der Waals surface area contributed by atoms with Gasteiger partial charge < -0.3 is 15.7 Å². The Kier molecular flexibility index (Phi) is 6.45. The van der Waals surface area contributed by atoms with E-state index in [0.717, 1.165) is 5.56 Å². The Morgan fingerprint density at radius 2 is 1.80 bits per heavy atom. The van der Waals surface area contributed by atoms with Gasteiger partial charge in [0.1, 0.15) is 5.82 Å². The van der Waals surface area contributed by atoms with E-state index in [0.29, 0.717) is 6.42 Å². The van der Waals surface area contributed by atoms with Crippen molar-refractivity contribution in [1.29, 1.82) is 0 Å². The molecule has 1 aromatic carbocycles. The van der Waals surface area contributed by atoms with Crippen molar-refractivity contribution in [3.05, 3.63) is 35.6 Å². The first kappa shape index (κ1) is 16.4. The molecule has 0 heterocycles. The van der Waals surface area contributed by atoms with Gasteiger partial charge >= 0.3 is 6.03 Å². The zero-order chi connectivity index (χ0) is 15.1. The highest BCUT2D eigenvalue weighted by atomic mass is 19.1. The summed E-state index contributed by atoms with van der Waals surface area (Å²) in [5, 5.41) is 14.4. The van der Waals surface area contributed by atoms with Crippen LogP contribution in [0.4, 0.5) is 9.18 Å². The molecule has 112 valence electrons. The second-order valence-corrected chi connectivity index (χ2v) is 5.38. The SMILES string of the molecule is CC(C)C(Cc1ccc(F)cc1)NC(=O)N[C@@H](C)CO. The highest BCUT2D eigenvalue weighted by Gasteiger charge is 2.17. The zero-order valence-corrected chi connectivity index (χ0v) is 12.2. The van der Waals surface area contributed by atoms with Gasteiger partial charge in [-0.1, -0.05) is 26.0 Å². The summed E-state index contributed by atoms with van der Waals surface area (Å²) in [7, 11) is 0. The molecule has 2 amide bonds. The second-order valence-electron chi connectivity index (χ2n) is 5.38. The van der Waals surface area contributed by atoms with Crippen molar-refractivity contribution in [3.8, 4) is 0 Å². The molecule has 0 fully saturated rings. The van der Waals surface area contributed by atoms with Crippen LogP contribution in [0.3, 0.4) is 0 Å². The average Bonchev–Trinajstić information content (AvgIpc) is 2.40. The van der Waals surface area contributed by atoms with Gasteiger partial charge in [-0.3, -0.25) is 0 Å². The highest BCUT2D eigenvalue weighted by Crippen LogP contribution is 2.11. The van der Waals surface area contributed by atoms with Crippen LogP contribution >= 0.6 is 0 Å². The molecule has 0 saturated heterocycles. The molecule has 3 N–H and O–H groups in total. The van der Waals surface area contributed by atoms with Gasteiger partial charge in [-0.25, -0.2) is 9.18 Å². The molecule has 0 aliphatic rings. The summed E-state index contributed by atoms with van der Waals surface area (Å²) in [6.45, 7) is 5.66. The van der Waals surface area contributed by atoms with Crippen LogP contribution in [-0.2, 0) is 6.42 Å². The summed E-state index contributed by atoms with van der Waals surface area (Å²) in [6.07, 6.45) is 0.638. The van der Waals surface area contributed by atoms with Crippen molar-refractivity contribution in [3.63, 3.8) is 0 Å². The van der Waals surface area contributed by atoms with Crippen molar-refractivity contribution in [2.24, 2.45) is 5.92 Å². The molecule has 1 unspecified atom stereocenters. The van der Waals surface area contributed by atoms with E-state index in [1.165, 1.54) is 12.1 Å². The first-order valence-corrected chi connectivity index (χ1v) is 6.84. The molecule has 0 spiro atoms. The molecule has 1 rings (SSSR count). The van der Waals surface area contributed by atoms with Gasteiger partial charge in [0.15, 0.2) is 0 Å². The van der Waals surface area contributed by atoms with Gasteiger partial charge in [0, 0.05) is 6.04 Å². The summed E-state index contributed by atoms with van der Waals surface area (Å²) >= 11 is 0. The summed E-state index contributed by atoms with van der Waals surface area (Å²) in [4.78, 5) is 11.8. The van der Waals surface area contributed by atoms with Crippen LogP contribution in [0.1, 0.15) is 26.3 Å². The number of benzene rings is 1. The molecule has 20 heavy (non-hydrogen) atoms. The predicted octanol–water partition coefficient (Wildman–Crippen LogP) is 2.07. The van der Waals surface area contributed by atoms with Crippen molar-refractivity contribution < 1.29 is 14.3 Å². The minimum absolute atomic E-state index is 0.0497. The number of carbonyl (C=O) groups is 1. The monoisotopic (exact) mass is 282 g/mol. The van der Waals surface area contributed by atoms with E-state index in [1.54, 1.807) is 19.1 Å². The van der Waals surface area contributed by atoms with Crippen molar-refractivity contribution in [1.82, 2.24) is 10.6 Å². The smallest absolute Gasteiger partial charge is 0.315 e. The number of halogens is 1. The highest BCUT2D eigenvalue weighted by molar-refractivity contribution is 5.74. The van der Waals surface area contributed by atoms with E-state index < -0.39 is 0 Å². The molecular formula is C15H23FN2O2. The van der Waals surface area contributed by atoms with Crippen LogP contribution in [0.25, 0.3) is 0 Å². The van der Waals surface area contributed by atoms with Gasteiger partial charge in [0.25, 0.3) is 0 Å². The maximum absolute atomic E-state index is 12.9. The number of aliphatic hydroxyl groups is 1. The Morgan fingerprint density at radius 3 is 2.30 bits per heavy atom. The summed E-state index contributed by atoms with van der Waals surface area (Å²) in [5.74, 6) is -0.0208. The summed E-state index contributed by atoms with van der Waals surface area (Å²) in [6, 6.07) is 5.65. The van der Waals surface area contributed by atoms with E-state index in [4.69, 9.17) is 5.11 Å². The van der Waals surface area contributed by atoms with Gasteiger partial charge in [0.2, 0.25) is 0 Å². The first-order valence-electron chi connectivity index (χ1n) is 6.84. The van der Waals surface area contributed by atoms with E-state index in [9.17, 15) is 9.18 Å². The Hall–Kier alpha value is -1.62. The lowest BCUT2D eigenvalue weighted by atomic mass is 9.96. The number of aliphatic hydroxyl groups excluding tert-OH is 1. The second kappa shape index (κ2) is 7.85. The quantitative estimate of drug-likeness (QED) is 0.748. The molecule has 0 aliphatic heterocycles. The fourth-order valence-electron chi connectivity index (χ4n) is 1.81. The standard InChI is InChI=1S/C15H23FN2O2/c1-10(2)14(18-15(20)17-11(3)9-19)8-12-4-6-13(16)7-5-12/h4-7,10-11,14,19H,8-9H2,1-3H3,(H2,17,18,20)/t11-,14?/m0/s1. The average molecular weight is 282 g/mol. The minimum atomic E-state index is -0.299. The molecule has 0 aliphatic carbocycles. The molecule has 0 bridgehead atoms. The molecule has 5 heteroatoms. The number of nitrogens with one attached hydrogen (secondary N) is 2. The van der Waals surface area contributed by atoms with Gasteiger partial charge in [-0.05, 0) is 37.0 Å². The molecular weight excluding hydrogens is 259 g/mol. The molecule has 0 radical (unpaired) electrons. The fraction of sp³-hybridized carbons (Fsp3) is 0.533. The van der Waals surface area contributed by atoms with Gasteiger partial charge in [-0.15, -0.1) is 0 Å². The van der Waals surface area contributed by atoms with Crippen molar-refractivity contribution >= 4 is 6.03 Å². The molecule has 0 saturated carbocycles. The Balaban J connectivity index is 2.60. The zero-order valence-electron chi connectivity index (χ0n) is 12.2. The third-order valence-electron chi connectivity index (χ3n) is 3.14. The minimum Gasteiger partial charge on any atom is -0.394 e. The number of carbonyl (C=O) groups excluding carboxylic acids is 1. The van der Waals surface area contributed by atoms with Gasteiger partial charge in [0.05, 0.1) is 12.6 Å². The predicted molar refractivity (Wildman–Crippen MR) is 76.9 cm³/mol. The van der Waals surface area contributed by atoms with Gasteiger partial charge in [-0.2, -0.15) is 0 Å². The lowest BCUT2D eigenvalue weighted by Gasteiger charge is -2.23. The normalized spacial score (nSPS) is 13.9. The largest absolute Gasteiger partial charge is 0.394 e. The molecule has 1 aromatic rings. The Labute approximate surface area is 119 Å². The Morgan fingerprint density at radius 1 is 1.20 bits per heavy atom. The molecule has 0 aromatic heterocycles. The Bertz CT molecular complexity index is 420. The van der Waals surface area contributed by atoms with Crippen LogP contribution in [0, 0.1) is 11.7 Å². The lowest BCUT2D eigenvalue weighted by Crippen LogP contribution is -2.48. The number of amides is 2. The van der Waals surface area contributed by atoms with Crippen LogP contribution in [0.2, 0.25) is 0 Å². The topological polar surface area (TPSA) is 61.4 Å². The van der Waals surface area contributed by atoms with Crippen LogP contribution in [0.15, 0.2) is 24.3 Å². The number of hydrogen-bond donors (Lipinski definition) is 3. The first-order chi connectivity index (χ1) is 9.42. The summed E-state index contributed by atoms with van der Waals surface area (Å²) in [5.41, 5.74) is 0.973. The van der Waals surface area contributed by atoms with Crippen molar-refractivity contribution in [2.45, 2.75) is 39.3 Å². The maximum atomic E-state index is 12.9. The third kappa shape index (κ3) is 5.57. The van der Waals surface area contributed by atoms with E-state index >= 15 is 0 Å². The fourth-order valence-corrected chi connectivity index (χ4v) is 1.81. The third-order valence-corrected chi connectivity index (χ3v) is 3.14. The van der Waals surface area contributed by atoms with Crippen LogP contribution in [0.5, 0.6) is 0 Å². The lowest BCUT2D eigenvalue weighted by molar-refractivity contribution is 0.214. The van der Waals surface area contributed by atoms with Crippen molar-refractivity contribution in [2.75, 3.05) is 6.61 Å². The molecule has 2 atom stereocenters. The number of urea groups is 1. The molecule has 4 nitrogen and oxygen atoms in total. The maximum Gasteiger partial charge on any atom is 0.315 e.